The van der Waals surface area contributed by atoms with Crippen LogP contribution < -0.4 is 10.6 Å². The third kappa shape index (κ3) is 7.51. The van der Waals surface area contributed by atoms with Crippen molar-refractivity contribution < 1.29 is 23.9 Å². The van der Waals surface area contributed by atoms with Gasteiger partial charge in [0, 0.05) is 34.2 Å². The fourth-order valence-electron chi connectivity index (χ4n) is 4.82. The van der Waals surface area contributed by atoms with Crippen molar-refractivity contribution in [3.63, 3.8) is 0 Å². The molecule has 0 spiro atoms. The maximum Gasteiger partial charge on any atom is 0.245 e. The number of aliphatic hydroxyl groups excluding tert-OH is 1. The number of carbonyl (C=O) groups is 3. The number of nitrogens with one attached hydrogen (secondary N) is 2. The molecule has 0 aliphatic heterocycles. The third-order valence-corrected chi connectivity index (χ3v) is 7.69. The van der Waals surface area contributed by atoms with Crippen LogP contribution in [0.1, 0.15) is 42.7 Å². The van der Waals surface area contributed by atoms with E-state index < -0.39 is 17.8 Å². The van der Waals surface area contributed by atoms with Gasteiger partial charge in [-0.15, -0.1) is 0 Å². The summed E-state index contributed by atoms with van der Waals surface area (Å²) in [4.78, 5) is 40.3. The highest BCUT2D eigenvalue weighted by Gasteiger charge is 2.34. The lowest BCUT2D eigenvalue weighted by Gasteiger charge is -2.22. The zero-order valence-corrected chi connectivity index (χ0v) is 24.8. The van der Waals surface area contributed by atoms with Gasteiger partial charge in [-0.05, 0) is 61.7 Å². The number of benzene rings is 3. The number of fused-ring (bicyclic) bond motifs is 1. The smallest absolute Gasteiger partial charge is 0.245 e. The van der Waals surface area contributed by atoms with Gasteiger partial charge in [0.05, 0.1) is 35.3 Å². The highest BCUT2D eigenvalue weighted by atomic mass is 35.5. The van der Waals surface area contributed by atoms with Gasteiger partial charge >= 0.3 is 0 Å². The van der Waals surface area contributed by atoms with E-state index in [2.05, 4.69) is 15.7 Å². The van der Waals surface area contributed by atoms with Gasteiger partial charge in [-0.3, -0.25) is 19.1 Å². The van der Waals surface area contributed by atoms with Crippen molar-refractivity contribution in [2.45, 2.75) is 51.4 Å². The lowest BCUT2D eigenvalue weighted by molar-refractivity contribution is -0.137. The summed E-state index contributed by atoms with van der Waals surface area (Å²) in [6.07, 6.45) is 0.779. The van der Waals surface area contributed by atoms with Crippen molar-refractivity contribution in [3.8, 4) is 0 Å². The molecule has 5 rings (SSSR count). The number of hydrogen-bond acceptors (Lipinski definition) is 5. The van der Waals surface area contributed by atoms with Gasteiger partial charge in [-0.25, -0.2) is 4.39 Å². The highest BCUT2D eigenvalue weighted by Crippen LogP contribution is 2.29. The number of carbonyl (C=O) groups excluding carboxylic acids is 3. The first-order valence-corrected chi connectivity index (χ1v) is 14.6. The Morgan fingerprint density at radius 3 is 2.53 bits per heavy atom. The number of aliphatic hydroxyl groups is 1. The molecule has 1 aliphatic carbocycles. The monoisotopic (exact) mass is 625 g/mol. The van der Waals surface area contributed by atoms with E-state index in [0.29, 0.717) is 27.3 Å². The Balaban J connectivity index is 1.27. The van der Waals surface area contributed by atoms with E-state index >= 15 is 0 Å². The summed E-state index contributed by atoms with van der Waals surface area (Å²) in [7, 11) is 0. The molecule has 3 N–H and O–H groups in total. The standard InChI is InChI=1S/C31H30Cl2FN5O4/c1-18(40)31-24-14-22(36-27(41)13-19-5-7-21(32)8-6-19)9-12-26(24)39(37-31)17-29(43)38(23-10-11-23)16-28(42)35-15-20-3-2-4-25(33)30(20)34/h2-9,12,14,18,23,40H,10-11,13,15-17H2,1H3,(H,35,42)(H,36,41). The number of amides is 3. The Labute approximate surface area is 257 Å². The van der Waals surface area contributed by atoms with Gasteiger partial charge < -0.3 is 20.6 Å². The first-order chi connectivity index (χ1) is 20.6. The molecule has 4 aromatic rings. The van der Waals surface area contributed by atoms with Gasteiger partial charge in [-0.1, -0.05) is 47.5 Å². The second-order valence-electron chi connectivity index (χ2n) is 10.5. The molecule has 43 heavy (non-hydrogen) atoms. The molecule has 1 heterocycles. The number of halogens is 3. The Bertz CT molecular complexity index is 1670. The zero-order valence-electron chi connectivity index (χ0n) is 23.3. The predicted molar refractivity (Wildman–Crippen MR) is 162 cm³/mol. The molecule has 1 unspecified atom stereocenters. The van der Waals surface area contributed by atoms with Crippen LogP contribution in [0.4, 0.5) is 10.1 Å². The topological polar surface area (TPSA) is 117 Å². The summed E-state index contributed by atoms with van der Waals surface area (Å²) in [5.74, 6) is -1.55. The van der Waals surface area contributed by atoms with Crippen LogP contribution in [-0.2, 0) is 33.9 Å². The summed E-state index contributed by atoms with van der Waals surface area (Å²) in [6.45, 7) is 1.18. The molecule has 1 aromatic heterocycles. The van der Waals surface area contributed by atoms with Crippen LogP contribution >= 0.6 is 23.2 Å². The minimum Gasteiger partial charge on any atom is -0.387 e. The van der Waals surface area contributed by atoms with Crippen LogP contribution in [0, 0.1) is 5.82 Å². The summed E-state index contributed by atoms with van der Waals surface area (Å²) in [6, 6.07) is 16.7. The SMILES string of the molecule is CC(O)c1nn(CC(=O)N(CC(=O)NCc2cccc(Cl)c2F)C2CC2)c2ccc(NC(=O)Cc3ccc(Cl)cc3)cc12. The van der Waals surface area contributed by atoms with Crippen LogP contribution in [0.2, 0.25) is 10.0 Å². The molecule has 9 nitrogen and oxygen atoms in total. The van der Waals surface area contributed by atoms with Crippen LogP contribution in [0.3, 0.4) is 0 Å². The van der Waals surface area contributed by atoms with E-state index in [1.54, 1.807) is 55.5 Å². The Morgan fingerprint density at radius 1 is 1.09 bits per heavy atom. The van der Waals surface area contributed by atoms with E-state index in [1.807, 2.05) is 0 Å². The molecule has 0 saturated heterocycles. The highest BCUT2D eigenvalue weighted by molar-refractivity contribution is 6.31. The summed E-state index contributed by atoms with van der Waals surface area (Å²) in [5, 5.41) is 21.6. The number of aromatic nitrogens is 2. The second-order valence-corrected chi connectivity index (χ2v) is 11.4. The molecule has 1 fully saturated rings. The van der Waals surface area contributed by atoms with E-state index in [9.17, 15) is 23.9 Å². The Hall–Kier alpha value is -3.99. The fraction of sp³-hybridized carbons (Fsp3) is 0.290. The number of anilines is 1. The van der Waals surface area contributed by atoms with Crippen LogP contribution in [0.25, 0.3) is 10.9 Å². The van der Waals surface area contributed by atoms with Crippen molar-refractivity contribution in [1.29, 1.82) is 0 Å². The number of hydrogen-bond donors (Lipinski definition) is 3. The Morgan fingerprint density at radius 2 is 1.84 bits per heavy atom. The summed E-state index contributed by atoms with van der Waals surface area (Å²) in [5.41, 5.74) is 2.53. The van der Waals surface area contributed by atoms with Gasteiger partial charge in [0.15, 0.2) is 0 Å². The first-order valence-electron chi connectivity index (χ1n) is 13.8. The van der Waals surface area contributed by atoms with Crippen LogP contribution in [-0.4, -0.2) is 50.1 Å². The lowest BCUT2D eigenvalue weighted by atomic mass is 10.1. The van der Waals surface area contributed by atoms with Gasteiger partial charge in [0.1, 0.15) is 12.4 Å². The third-order valence-electron chi connectivity index (χ3n) is 7.15. The molecular weight excluding hydrogens is 596 g/mol. The van der Waals surface area contributed by atoms with Crippen molar-refractivity contribution in [3.05, 3.63) is 93.3 Å². The second kappa shape index (κ2) is 13.1. The van der Waals surface area contributed by atoms with E-state index in [1.165, 1.54) is 21.7 Å². The average molecular weight is 627 g/mol. The van der Waals surface area contributed by atoms with Crippen molar-refractivity contribution in [2.24, 2.45) is 0 Å². The largest absolute Gasteiger partial charge is 0.387 e. The molecular formula is C31H30Cl2FN5O4. The van der Waals surface area contributed by atoms with E-state index in [4.69, 9.17) is 23.2 Å². The molecule has 0 radical (unpaired) electrons. The zero-order chi connectivity index (χ0) is 30.7. The average Bonchev–Trinajstić information content (AvgIpc) is 3.75. The Kier molecular flexibility index (Phi) is 9.29. The number of rotatable bonds is 11. The van der Waals surface area contributed by atoms with Crippen LogP contribution in [0.15, 0.2) is 60.7 Å². The molecule has 3 amide bonds. The van der Waals surface area contributed by atoms with Crippen molar-refractivity contribution in [2.75, 3.05) is 11.9 Å². The van der Waals surface area contributed by atoms with Gasteiger partial charge in [0.2, 0.25) is 17.7 Å². The molecule has 224 valence electrons. The summed E-state index contributed by atoms with van der Waals surface area (Å²) < 4.78 is 15.7. The van der Waals surface area contributed by atoms with Crippen molar-refractivity contribution >= 4 is 57.5 Å². The molecule has 0 bridgehead atoms. The molecule has 1 atom stereocenters. The van der Waals surface area contributed by atoms with E-state index in [-0.39, 0.29) is 54.5 Å². The first kappa shape index (κ1) is 30.5. The minimum atomic E-state index is -0.934. The van der Waals surface area contributed by atoms with E-state index in [0.717, 1.165) is 18.4 Å². The normalized spacial score (nSPS) is 13.5. The fourth-order valence-corrected chi connectivity index (χ4v) is 5.14. The van der Waals surface area contributed by atoms with Gasteiger partial charge in [0.25, 0.3) is 0 Å². The van der Waals surface area contributed by atoms with Crippen LogP contribution in [0.5, 0.6) is 0 Å². The maximum absolute atomic E-state index is 14.2. The quantitative estimate of drug-likeness (QED) is 0.216. The molecule has 1 saturated carbocycles. The molecule has 1 aliphatic rings. The lowest BCUT2D eigenvalue weighted by Crippen LogP contribution is -2.43. The van der Waals surface area contributed by atoms with Gasteiger partial charge in [-0.2, -0.15) is 5.10 Å². The molecule has 12 heteroatoms. The maximum atomic E-state index is 14.2. The predicted octanol–water partition coefficient (Wildman–Crippen LogP) is 5.02. The summed E-state index contributed by atoms with van der Waals surface area (Å²) >= 11 is 11.7. The minimum absolute atomic E-state index is 0.0306. The number of nitrogens with zero attached hydrogens (tertiary/aromatic N) is 3. The molecule has 3 aromatic carbocycles. The van der Waals surface area contributed by atoms with Crippen molar-refractivity contribution in [1.82, 2.24) is 20.0 Å².